The predicted molar refractivity (Wildman–Crippen MR) is 164 cm³/mol. The average molecular weight is 660 g/mol. The number of carbonyl (C=O) groups excluding carboxylic acids is 2. The maximum atomic E-state index is 14.0. The van der Waals surface area contributed by atoms with Crippen molar-refractivity contribution >= 4 is 51.8 Å². The molecule has 0 unspecified atom stereocenters. The van der Waals surface area contributed by atoms with Gasteiger partial charge in [-0.25, -0.2) is 19.9 Å². The highest BCUT2D eigenvalue weighted by atomic mass is 35.5. The molecule has 46 heavy (non-hydrogen) atoms. The average Bonchev–Trinajstić information content (AvgIpc) is 3.03. The van der Waals surface area contributed by atoms with Gasteiger partial charge in [0.1, 0.15) is 24.4 Å². The Morgan fingerprint density at radius 1 is 1.11 bits per heavy atom. The fourth-order valence-electron chi connectivity index (χ4n) is 5.24. The number of nitrogens with one attached hydrogen (secondary N) is 2. The number of carbonyl (C=O) groups is 2. The van der Waals surface area contributed by atoms with E-state index in [-0.39, 0.29) is 77.4 Å². The number of alkyl halides is 3. The molecular weight excluding hydrogens is 631 g/mol. The minimum absolute atomic E-state index is 0.000647. The molecule has 5 rings (SSSR count). The molecule has 242 valence electrons. The zero-order chi connectivity index (χ0) is 33.3. The summed E-state index contributed by atoms with van der Waals surface area (Å²) in [6, 6.07) is 2.61. The third-order valence-electron chi connectivity index (χ3n) is 7.59. The fraction of sp³-hybridized carbons (Fsp3) is 0.345. The number of benzene rings is 1. The largest absolute Gasteiger partial charge is 0.504 e. The SMILES string of the molecule is CCc1c(N2CCN(C(=O)c3ncnc(C)c3O)CC2)c(=O)c2nc(NC)cnc2n1CC(=O)Nc1ccc(C(F)(F)F)cc1Cl. The molecule has 3 N–H and O–H groups in total. The van der Waals surface area contributed by atoms with Crippen molar-refractivity contribution in [3.8, 4) is 5.75 Å². The smallest absolute Gasteiger partial charge is 0.416 e. The van der Waals surface area contributed by atoms with Crippen LogP contribution >= 0.6 is 11.6 Å². The second kappa shape index (κ2) is 12.8. The summed E-state index contributed by atoms with van der Waals surface area (Å²) in [5, 5.41) is 15.4. The van der Waals surface area contributed by atoms with Crippen molar-refractivity contribution in [2.75, 3.05) is 48.8 Å². The Bertz CT molecular complexity index is 1890. The Morgan fingerprint density at radius 3 is 2.46 bits per heavy atom. The summed E-state index contributed by atoms with van der Waals surface area (Å²) in [7, 11) is 1.62. The van der Waals surface area contributed by atoms with Crippen LogP contribution in [-0.2, 0) is 23.9 Å². The van der Waals surface area contributed by atoms with Crippen LogP contribution < -0.4 is 21.0 Å². The van der Waals surface area contributed by atoms with Gasteiger partial charge in [0.05, 0.1) is 28.2 Å². The van der Waals surface area contributed by atoms with Gasteiger partial charge in [-0.15, -0.1) is 0 Å². The number of aryl methyl sites for hydroxylation is 1. The Balaban J connectivity index is 1.48. The Labute approximate surface area is 265 Å². The molecule has 13 nitrogen and oxygen atoms in total. The summed E-state index contributed by atoms with van der Waals surface area (Å²) < 4.78 is 40.8. The van der Waals surface area contributed by atoms with Crippen LogP contribution in [0.5, 0.6) is 5.75 Å². The first-order valence-corrected chi connectivity index (χ1v) is 14.5. The summed E-state index contributed by atoms with van der Waals surface area (Å²) in [6.45, 7) is 3.91. The van der Waals surface area contributed by atoms with E-state index in [9.17, 15) is 32.7 Å². The van der Waals surface area contributed by atoms with Crippen LogP contribution in [0.25, 0.3) is 11.2 Å². The Kier molecular flexibility index (Phi) is 9.01. The van der Waals surface area contributed by atoms with Crippen LogP contribution in [0.1, 0.15) is 34.4 Å². The second-order valence-electron chi connectivity index (χ2n) is 10.4. The lowest BCUT2D eigenvalue weighted by Gasteiger charge is -2.37. The van der Waals surface area contributed by atoms with Gasteiger partial charge in [0.15, 0.2) is 22.6 Å². The van der Waals surface area contributed by atoms with Gasteiger partial charge >= 0.3 is 6.18 Å². The monoisotopic (exact) mass is 659 g/mol. The van der Waals surface area contributed by atoms with Gasteiger partial charge in [-0.3, -0.25) is 14.4 Å². The van der Waals surface area contributed by atoms with E-state index in [1.165, 1.54) is 17.4 Å². The first kappa shape index (κ1) is 32.4. The number of pyridine rings is 1. The second-order valence-corrected chi connectivity index (χ2v) is 10.8. The number of aromatic nitrogens is 5. The maximum Gasteiger partial charge on any atom is 0.416 e. The number of anilines is 3. The van der Waals surface area contributed by atoms with Gasteiger partial charge in [0.2, 0.25) is 11.3 Å². The first-order chi connectivity index (χ1) is 21.8. The molecule has 0 radical (unpaired) electrons. The summed E-state index contributed by atoms with van der Waals surface area (Å²) in [6.07, 6.45) is -1.69. The van der Waals surface area contributed by atoms with Crippen molar-refractivity contribution < 1.29 is 27.9 Å². The molecule has 0 spiro atoms. The number of fused-ring (bicyclic) bond motifs is 1. The zero-order valence-corrected chi connectivity index (χ0v) is 25.7. The number of piperazine rings is 1. The predicted octanol–water partition coefficient (Wildman–Crippen LogP) is 3.47. The van der Waals surface area contributed by atoms with E-state index in [0.717, 1.165) is 18.2 Å². The minimum Gasteiger partial charge on any atom is -0.504 e. The molecule has 1 aliphatic heterocycles. The van der Waals surface area contributed by atoms with Gasteiger partial charge < -0.3 is 30.1 Å². The van der Waals surface area contributed by atoms with E-state index >= 15 is 0 Å². The normalized spacial score (nSPS) is 13.6. The van der Waals surface area contributed by atoms with Gasteiger partial charge in [0, 0.05) is 38.9 Å². The van der Waals surface area contributed by atoms with Crippen LogP contribution in [0.15, 0.2) is 35.5 Å². The summed E-state index contributed by atoms with van der Waals surface area (Å²) in [4.78, 5) is 60.3. The van der Waals surface area contributed by atoms with Crippen molar-refractivity contribution in [3.05, 3.63) is 68.6 Å². The quantitative estimate of drug-likeness (QED) is 0.268. The zero-order valence-electron chi connectivity index (χ0n) is 24.9. The standard InChI is InChI=1S/C29H29ClF3N9O4/c1-4-19-24(40-7-9-41(10-8-40)28(46)23-25(44)15(2)36-14-37-23)26(45)22-27(35-12-20(34-3)39-22)42(19)13-21(43)38-18-6-5-16(11-17(18)30)29(31,32)33/h5-6,11-12,14,44H,4,7-10,13H2,1-3H3,(H,34,39)(H,38,43). The van der Waals surface area contributed by atoms with E-state index in [1.807, 2.05) is 4.90 Å². The number of hydrogen-bond acceptors (Lipinski definition) is 10. The van der Waals surface area contributed by atoms with Gasteiger partial charge in [-0.05, 0) is 31.5 Å². The minimum atomic E-state index is -4.60. The van der Waals surface area contributed by atoms with E-state index in [0.29, 0.717) is 17.9 Å². The molecule has 1 aliphatic rings. The summed E-state index contributed by atoms with van der Waals surface area (Å²) in [5.74, 6) is -1.07. The van der Waals surface area contributed by atoms with Gasteiger partial charge in [0.25, 0.3) is 5.91 Å². The molecule has 17 heteroatoms. The number of aromatic hydroxyl groups is 1. The molecule has 1 saturated heterocycles. The third kappa shape index (κ3) is 6.24. The number of hydrogen-bond donors (Lipinski definition) is 3. The van der Waals surface area contributed by atoms with E-state index < -0.39 is 29.0 Å². The molecule has 1 fully saturated rings. The number of nitrogens with zero attached hydrogens (tertiary/aromatic N) is 7. The molecule has 3 aromatic heterocycles. The lowest BCUT2D eigenvalue weighted by atomic mass is 10.1. The van der Waals surface area contributed by atoms with Crippen LogP contribution in [0.3, 0.4) is 0 Å². The van der Waals surface area contributed by atoms with Crippen molar-refractivity contribution in [1.29, 1.82) is 0 Å². The molecule has 0 saturated carbocycles. The molecule has 2 amide bonds. The van der Waals surface area contributed by atoms with Gasteiger partial charge in [-0.1, -0.05) is 18.5 Å². The molecule has 0 aliphatic carbocycles. The Morgan fingerprint density at radius 2 is 1.83 bits per heavy atom. The van der Waals surface area contributed by atoms with Crippen LogP contribution in [0.4, 0.5) is 30.4 Å². The topological polar surface area (TPSA) is 158 Å². The Hall–Kier alpha value is -4.99. The fourth-order valence-corrected chi connectivity index (χ4v) is 5.47. The molecular formula is C29H29ClF3N9O4. The molecule has 0 bridgehead atoms. The van der Waals surface area contributed by atoms with Crippen LogP contribution in [0.2, 0.25) is 5.02 Å². The lowest BCUT2D eigenvalue weighted by Crippen LogP contribution is -2.50. The van der Waals surface area contributed by atoms with E-state index in [2.05, 4.69) is 30.6 Å². The third-order valence-corrected chi connectivity index (χ3v) is 7.91. The van der Waals surface area contributed by atoms with Gasteiger partial charge in [-0.2, -0.15) is 13.2 Å². The number of amides is 2. The molecule has 4 aromatic rings. The molecule has 0 atom stereocenters. The van der Waals surface area contributed by atoms with Crippen molar-refractivity contribution in [3.63, 3.8) is 0 Å². The summed E-state index contributed by atoms with van der Waals surface area (Å²) >= 11 is 6.06. The van der Waals surface area contributed by atoms with Crippen LogP contribution in [0, 0.1) is 6.92 Å². The molecule has 4 heterocycles. The number of halogens is 4. The highest BCUT2D eigenvalue weighted by Gasteiger charge is 2.32. The van der Waals surface area contributed by atoms with Crippen molar-refractivity contribution in [1.82, 2.24) is 29.4 Å². The lowest BCUT2D eigenvalue weighted by molar-refractivity contribution is -0.137. The molecule has 1 aromatic carbocycles. The van der Waals surface area contributed by atoms with Crippen molar-refractivity contribution in [2.24, 2.45) is 0 Å². The van der Waals surface area contributed by atoms with Crippen molar-refractivity contribution in [2.45, 2.75) is 33.0 Å². The highest BCUT2D eigenvalue weighted by Crippen LogP contribution is 2.34. The highest BCUT2D eigenvalue weighted by molar-refractivity contribution is 6.33. The van der Waals surface area contributed by atoms with E-state index in [4.69, 9.17) is 11.6 Å². The summed E-state index contributed by atoms with van der Waals surface area (Å²) in [5.41, 5.74) is -0.333. The van der Waals surface area contributed by atoms with Crippen LogP contribution in [-0.4, -0.2) is 79.6 Å². The first-order valence-electron chi connectivity index (χ1n) is 14.2. The maximum absolute atomic E-state index is 14.0. The number of rotatable bonds is 7. The van der Waals surface area contributed by atoms with E-state index in [1.54, 1.807) is 25.5 Å².